The summed E-state index contributed by atoms with van der Waals surface area (Å²) in [5, 5.41) is 3.90. The standard InChI is InChI=1S/C24H31N3O11S/c1-12(28)33-11-19-20(34-13(2)29)21(35-14(3)30)22(36-15(4)31)23(38-19)37-17-7-6-16(10-18(17)32-5)8-9-26-27-24(25)39/h6-7,9-10,19-23H,8,11H2,1-5H3,(H3,25,27,39)/b26-9+/t19-,20+,21+,22-,23-/m1/s1. The monoisotopic (exact) mass is 569 g/mol. The fraction of sp³-hybridized carbons (Fsp3) is 0.500. The molecule has 214 valence electrons. The summed E-state index contributed by atoms with van der Waals surface area (Å²) in [6.07, 6.45) is -4.65. The first-order valence-electron chi connectivity index (χ1n) is 11.6. The van der Waals surface area contributed by atoms with Gasteiger partial charge in [-0.15, -0.1) is 0 Å². The van der Waals surface area contributed by atoms with Gasteiger partial charge in [-0.05, 0) is 29.9 Å². The van der Waals surface area contributed by atoms with Crippen molar-refractivity contribution in [2.24, 2.45) is 10.8 Å². The van der Waals surface area contributed by atoms with Gasteiger partial charge in [-0.3, -0.25) is 24.6 Å². The fourth-order valence-electron chi connectivity index (χ4n) is 3.61. The Balaban J connectivity index is 2.43. The van der Waals surface area contributed by atoms with Gasteiger partial charge in [0.1, 0.15) is 12.7 Å². The summed E-state index contributed by atoms with van der Waals surface area (Å²) in [4.78, 5) is 47.3. The first-order chi connectivity index (χ1) is 18.4. The molecule has 0 bridgehead atoms. The lowest BCUT2D eigenvalue weighted by Crippen LogP contribution is -2.63. The van der Waals surface area contributed by atoms with Crippen LogP contribution in [0.15, 0.2) is 23.3 Å². The van der Waals surface area contributed by atoms with E-state index in [0.29, 0.717) is 6.42 Å². The van der Waals surface area contributed by atoms with Crippen molar-refractivity contribution in [1.29, 1.82) is 0 Å². The molecule has 1 saturated heterocycles. The van der Waals surface area contributed by atoms with Crippen molar-refractivity contribution >= 4 is 47.4 Å². The summed E-state index contributed by atoms with van der Waals surface area (Å²) in [5.74, 6) is -2.40. The third kappa shape index (κ3) is 10.0. The normalized spacial score (nSPS) is 22.3. The molecule has 14 nitrogen and oxygen atoms in total. The van der Waals surface area contributed by atoms with E-state index in [2.05, 4.69) is 22.7 Å². The Labute approximate surface area is 230 Å². The van der Waals surface area contributed by atoms with Crippen molar-refractivity contribution in [3.05, 3.63) is 23.8 Å². The van der Waals surface area contributed by atoms with Crippen LogP contribution in [0.4, 0.5) is 0 Å². The summed E-state index contributed by atoms with van der Waals surface area (Å²) in [6, 6.07) is 4.97. The van der Waals surface area contributed by atoms with Crippen molar-refractivity contribution < 1.29 is 52.3 Å². The summed E-state index contributed by atoms with van der Waals surface area (Å²) >= 11 is 4.69. The highest BCUT2D eigenvalue weighted by atomic mass is 32.1. The molecular formula is C24H31N3O11S. The molecule has 0 unspecified atom stereocenters. The van der Waals surface area contributed by atoms with E-state index < -0.39 is 54.6 Å². The van der Waals surface area contributed by atoms with E-state index >= 15 is 0 Å². The highest BCUT2D eigenvalue weighted by Gasteiger charge is 2.53. The number of hydrazone groups is 1. The zero-order valence-electron chi connectivity index (χ0n) is 22.0. The van der Waals surface area contributed by atoms with Crippen LogP contribution in [0.3, 0.4) is 0 Å². The largest absolute Gasteiger partial charge is 0.493 e. The van der Waals surface area contributed by atoms with E-state index in [9.17, 15) is 19.2 Å². The van der Waals surface area contributed by atoms with Crippen molar-refractivity contribution in [1.82, 2.24) is 5.43 Å². The fourth-order valence-corrected chi connectivity index (χ4v) is 3.66. The quantitative estimate of drug-likeness (QED) is 0.124. The van der Waals surface area contributed by atoms with Crippen molar-refractivity contribution in [3.63, 3.8) is 0 Å². The predicted molar refractivity (Wildman–Crippen MR) is 138 cm³/mol. The lowest BCUT2D eigenvalue weighted by molar-refractivity contribution is -0.288. The summed E-state index contributed by atoms with van der Waals surface area (Å²) in [5.41, 5.74) is 8.57. The maximum atomic E-state index is 12.0. The lowest BCUT2D eigenvalue weighted by Gasteiger charge is -2.44. The molecular weight excluding hydrogens is 538 g/mol. The van der Waals surface area contributed by atoms with Crippen LogP contribution in [0, 0.1) is 0 Å². The average molecular weight is 570 g/mol. The number of nitrogens with two attached hydrogens (primary N) is 1. The Morgan fingerprint density at radius 1 is 0.974 bits per heavy atom. The van der Waals surface area contributed by atoms with E-state index in [-0.39, 0.29) is 23.2 Å². The number of nitrogens with one attached hydrogen (secondary N) is 1. The zero-order chi connectivity index (χ0) is 29.1. The molecule has 2 rings (SSSR count). The zero-order valence-corrected chi connectivity index (χ0v) is 22.9. The van der Waals surface area contributed by atoms with Crippen molar-refractivity contribution in [3.8, 4) is 11.5 Å². The van der Waals surface area contributed by atoms with E-state index in [4.69, 9.17) is 38.9 Å². The summed E-state index contributed by atoms with van der Waals surface area (Å²) < 4.78 is 38.7. The van der Waals surface area contributed by atoms with Crippen molar-refractivity contribution in [2.75, 3.05) is 13.7 Å². The average Bonchev–Trinajstić information content (AvgIpc) is 2.84. The number of methoxy groups -OCH3 is 1. The molecule has 0 radical (unpaired) electrons. The molecule has 0 spiro atoms. The summed E-state index contributed by atoms with van der Waals surface area (Å²) in [6.45, 7) is 4.20. The maximum absolute atomic E-state index is 12.0. The number of esters is 4. The number of carbonyl (C=O) groups excluding carboxylic acids is 4. The molecule has 1 aliphatic rings. The molecule has 1 heterocycles. The molecule has 0 aliphatic carbocycles. The van der Waals surface area contributed by atoms with Gasteiger partial charge in [-0.1, -0.05) is 6.07 Å². The van der Waals surface area contributed by atoms with E-state index in [0.717, 1.165) is 26.3 Å². The van der Waals surface area contributed by atoms with Gasteiger partial charge in [0.2, 0.25) is 12.4 Å². The van der Waals surface area contributed by atoms with Gasteiger partial charge in [0.05, 0.1) is 7.11 Å². The molecule has 3 N–H and O–H groups in total. The Kier molecular flexibility index (Phi) is 11.9. The number of carbonyl (C=O) groups is 4. The first kappa shape index (κ1) is 31.2. The topological polar surface area (TPSA) is 183 Å². The molecule has 0 amide bonds. The number of nitrogens with zero attached hydrogens (tertiary/aromatic N) is 1. The van der Waals surface area contributed by atoms with Crippen LogP contribution in [0.5, 0.6) is 11.5 Å². The first-order valence-corrected chi connectivity index (χ1v) is 12.0. The van der Waals surface area contributed by atoms with Crippen LogP contribution < -0.4 is 20.6 Å². The van der Waals surface area contributed by atoms with E-state index in [1.165, 1.54) is 14.0 Å². The molecule has 0 aromatic heterocycles. The van der Waals surface area contributed by atoms with Crippen LogP contribution in [-0.4, -0.2) is 79.6 Å². The van der Waals surface area contributed by atoms with Crippen LogP contribution in [0.25, 0.3) is 0 Å². The molecule has 1 fully saturated rings. The molecule has 15 heteroatoms. The molecule has 39 heavy (non-hydrogen) atoms. The summed E-state index contributed by atoms with van der Waals surface area (Å²) in [7, 11) is 1.42. The highest BCUT2D eigenvalue weighted by molar-refractivity contribution is 7.80. The Morgan fingerprint density at radius 2 is 1.59 bits per heavy atom. The SMILES string of the molecule is COc1cc(C/C=N/NC(N)=S)ccc1O[C@@H]1O[C@H](COC(C)=O)[C@H](OC(C)=O)[C@H](OC(C)=O)[C@H]1OC(C)=O. The number of hydrogen-bond acceptors (Lipinski definition) is 13. The molecule has 1 aliphatic heterocycles. The van der Waals surface area contributed by atoms with Crippen LogP contribution in [0.1, 0.15) is 33.3 Å². The number of benzene rings is 1. The number of hydrogen-bond donors (Lipinski definition) is 2. The lowest BCUT2D eigenvalue weighted by atomic mass is 9.98. The Morgan fingerprint density at radius 3 is 2.15 bits per heavy atom. The second-order valence-corrected chi connectivity index (χ2v) is 8.60. The van der Waals surface area contributed by atoms with Gasteiger partial charge >= 0.3 is 23.9 Å². The highest BCUT2D eigenvalue weighted by Crippen LogP contribution is 2.34. The Hall–Kier alpha value is -3.98. The van der Waals surface area contributed by atoms with Gasteiger partial charge in [0.15, 0.2) is 28.8 Å². The van der Waals surface area contributed by atoms with E-state index in [1.807, 2.05) is 0 Å². The third-order valence-corrected chi connectivity index (χ3v) is 5.10. The maximum Gasteiger partial charge on any atom is 0.303 e. The van der Waals surface area contributed by atoms with Crippen LogP contribution in [-0.2, 0) is 49.3 Å². The minimum atomic E-state index is -1.40. The van der Waals surface area contributed by atoms with Crippen LogP contribution in [0.2, 0.25) is 0 Å². The van der Waals surface area contributed by atoms with Crippen molar-refractivity contribution in [2.45, 2.75) is 64.8 Å². The predicted octanol–water partition coefficient (Wildman–Crippen LogP) is 0.519. The van der Waals surface area contributed by atoms with E-state index in [1.54, 1.807) is 24.4 Å². The van der Waals surface area contributed by atoms with Gasteiger partial charge in [-0.2, -0.15) is 5.10 Å². The third-order valence-electron chi connectivity index (χ3n) is 5.01. The second kappa shape index (κ2) is 14.8. The number of ether oxygens (including phenoxy) is 7. The van der Waals surface area contributed by atoms with Crippen LogP contribution >= 0.6 is 12.2 Å². The van der Waals surface area contributed by atoms with Gasteiger partial charge in [-0.25, -0.2) is 0 Å². The molecule has 1 aromatic carbocycles. The molecule has 0 saturated carbocycles. The second-order valence-electron chi connectivity index (χ2n) is 8.16. The molecule has 1 aromatic rings. The number of rotatable bonds is 11. The Bertz CT molecular complexity index is 1100. The minimum Gasteiger partial charge on any atom is -0.493 e. The van der Waals surface area contributed by atoms with Gasteiger partial charge < -0.3 is 38.9 Å². The smallest absolute Gasteiger partial charge is 0.303 e. The van der Waals surface area contributed by atoms with Gasteiger partial charge in [0, 0.05) is 40.3 Å². The minimum absolute atomic E-state index is 0.0254. The van der Waals surface area contributed by atoms with Gasteiger partial charge in [0.25, 0.3) is 0 Å². The molecule has 5 atom stereocenters. The number of thiocarbonyl (C=S) groups is 1.